The summed E-state index contributed by atoms with van der Waals surface area (Å²) in [5.41, 5.74) is 1.61. The van der Waals surface area contributed by atoms with E-state index in [2.05, 4.69) is 22.3 Å². The highest BCUT2D eigenvalue weighted by atomic mass is 19.1. The average Bonchev–Trinajstić information content (AvgIpc) is 2.73. The second-order valence-corrected chi connectivity index (χ2v) is 7.79. The molecule has 1 saturated heterocycles. The normalized spacial score (nSPS) is 15.9. The molecular formula is C23H28FN3O2. The van der Waals surface area contributed by atoms with Crippen LogP contribution < -0.4 is 5.32 Å². The molecule has 1 aliphatic rings. The van der Waals surface area contributed by atoms with E-state index in [4.69, 9.17) is 0 Å². The zero-order chi connectivity index (χ0) is 20.8. The van der Waals surface area contributed by atoms with Crippen LogP contribution in [0.1, 0.15) is 29.8 Å². The first-order valence-electron chi connectivity index (χ1n) is 10.1. The molecule has 2 aromatic rings. The van der Waals surface area contributed by atoms with Crippen molar-refractivity contribution in [3.63, 3.8) is 0 Å². The van der Waals surface area contributed by atoms with E-state index < -0.39 is 11.9 Å². The van der Waals surface area contributed by atoms with Crippen molar-refractivity contribution in [1.29, 1.82) is 0 Å². The number of hydrogen-bond donors (Lipinski definition) is 1. The van der Waals surface area contributed by atoms with Gasteiger partial charge in [-0.2, -0.15) is 0 Å². The molecule has 0 spiro atoms. The zero-order valence-electron chi connectivity index (χ0n) is 17.0. The smallest absolute Gasteiger partial charge is 0.251 e. The van der Waals surface area contributed by atoms with Gasteiger partial charge in [-0.05, 0) is 35.7 Å². The molecule has 6 heteroatoms. The second kappa shape index (κ2) is 9.65. The van der Waals surface area contributed by atoms with Crippen molar-refractivity contribution in [2.24, 2.45) is 5.92 Å². The Morgan fingerprint density at radius 1 is 0.966 bits per heavy atom. The van der Waals surface area contributed by atoms with E-state index in [-0.39, 0.29) is 17.7 Å². The van der Waals surface area contributed by atoms with Gasteiger partial charge in [-0.15, -0.1) is 0 Å². The van der Waals surface area contributed by atoms with E-state index in [0.29, 0.717) is 18.7 Å². The van der Waals surface area contributed by atoms with Gasteiger partial charge in [0.2, 0.25) is 5.91 Å². The van der Waals surface area contributed by atoms with Crippen LogP contribution in [0.3, 0.4) is 0 Å². The first kappa shape index (κ1) is 21.0. The first-order valence-corrected chi connectivity index (χ1v) is 10.1. The van der Waals surface area contributed by atoms with Crippen LogP contribution in [-0.2, 0) is 11.3 Å². The Bertz CT molecular complexity index is 816. The molecule has 1 N–H and O–H groups in total. The van der Waals surface area contributed by atoms with Gasteiger partial charge >= 0.3 is 0 Å². The number of amides is 2. The summed E-state index contributed by atoms with van der Waals surface area (Å²) in [5.74, 6) is -0.866. The van der Waals surface area contributed by atoms with Crippen LogP contribution in [0.4, 0.5) is 4.39 Å². The Labute approximate surface area is 171 Å². The standard InChI is InChI=1S/C23H28FN3O2/c1-17(2)21(25-22(28)19-8-10-20(24)11-9-19)23(29)27-14-12-26(13-15-27)16-18-6-4-3-5-7-18/h3-11,17,21H,12-16H2,1-2H3,(H,25,28)/t21-/m0/s1. The SMILES string of the molecule is CC(C)[C@H](NC(=O)c1ccc(F)cc1)C(=O)N1CCN(Cc2ccccc2)CC1. The second-order valence-electron chi connectivity index (χ2n) is 7.79. The van der Waals surface area contributed by atoms with Crippen LogP contribution in [0.5, 0.6) is 0 Å². The van der Waals surface area contributed by atoms with Crippen molar-refractivity contribution in [3.05, 3.63) is 71.5 Å². The van der Waals surface area contributed by atoms with Gasteiger partial charge in [0.1, 0.15) is 11.9 Å². The van der Waals surface area contributed by atoms with Crippen LogP contribution in [0.25, 0.3) is 0 Å². The molecule has 0 saturated carbocycles. The largest absolute Gasteiger partial charge is 0.340 e. The maximum Gasteiger partial charge on any atom is 0.251 e. The van der Waals surface area contributed by atoms with E-state index in [1.165, 1.54) is 29.8 Å². The van der Waals surface area contributed by atoms with Crippen LogP contribution in [0.15, 0.2) is 54.6 Å². The lowest BCUT2D eigenvalue weighted by atomic mass is 10.0. The molecule has 0 bridgehead atoms. The van der Waals surface area contributed by atoms with Crippen molar-refractivity contribution in [1.82, 2.24) is 15.1 Å². The quantitative estimate of drug-likeness (QED) is 0.816. The predicted molar refractivity (Wildman–Crippen MR) is 111 cm³/mol. The summed E-state index contributed by atoms with van der Waals surface area (Å²) in [6, 6.07) is 15.0. The van der Waals surface area contributed by atoms with Gasteiger partial charge in [0.25, 0.3) is 5.91 Å². The first-order chi connectivity index (χ1) is 13.9. The number of carbonyl (C=O) groups excluding carboxylic acids is 2. The fraction of sp³-hybridized carbons (Fsp3) is 0.391. The number of nitrogens with one attached hydrogen (secondary N) is 1. The molecule has 0 aliphatic carbocycles. The third-order valence-electron chi connectivity index (χ3n) is 5.26. The maximum atomic E-state index is 13.1. The lowest BCUT2D eigenvalue weighted by molar-refractivity contribution is -0.136. The molecule has 1 fully saturated rings. The van der Waals surface area contributed by atoms with Gasteiger partial charge in [-0.25, -0.2) is 4.39 Å². The maximum absolute atomic E-state index is 13.1. The van der Waals surface area contributed by atoms with Gasteiger partial charge in [0, 0.05) is 38.3 Å². The lowest BCUT2D eigenvalue weighted by Gasteiger charge is -2.37. The topological polar surface area (TPSA) is 52.7 Å². The van der Waals surface area contributed by atoms with E-state index >= 15 is 0 Å². The van der Waals surface area contributed by atoms with Crippen LogP contribution in [0, 0.1) is 11.7 Å². The Kier molecular flexibility index (Phi) is 6.99. The summed E-state index contributed by atoms with van der Waals surface area (Å²) >= 11 is 0. The van der Waals surface area contributed by atoms with Crippen molar-refractivity contribution in [3.8, 4) is 0 Å². The lowest BCUT2D eigenvalue weighted by Crippen LogP contribution is -2.56. The molecule has 5 nitrogen and oxygen atoms in total. The molecule has 0 radical (unpaired) electrons. The van der Waals surface area contributed by atoms with Crippen molar-refractivity contribution in [2.75, 3.05) is 26.2 Å². The third kappa shape index (κ3) is 5.64. The summed E-state index contributed by atoms with van der Waals surface area (Å²) in [6.07, 6.45) is 0. The van der Waals surface area contributed by atoms with Crippen molar-refractivity contribution < 1.29 is 14.0 Å². The number of rotatable bonds is 6. The monoisotopic (exact) mass is 397 g/mol. The molecule has 1 aliphatic heterocycles. The predicted octanol–water partition coefficient (Wildman–Crippen LogP) is 2.92. The third-order valence-corrected chi connectivity index (χ3v) is 5.26. The van der Waals surface area contributed by atoms with Crippen LogP contribution in [-0.4, -0.2) is 53.8 Å². The number of benzene rings is 2. The fourth-order valence-corrected chi connectivity index (χ4v) is 3.50. The molecule has 29 heavy (non-hydrogen) atoms. The average molecular weight is 397 g/mol. The van der Waals surface area contributed by atoms with Gasteiger partial charge in [-0.1, -0.05) is 44.2 Å². The molecule has 2 aromatic carbocycles. The summed E-state index contributed by atoms with van der Waals surface area (Å²) in [4.78, 5) is 29.7. The van der Waals surface area contributed by atoms with Gasteiger partial charge in [0.15, 0.2) is 0 Å². The van der Waals surface area contributed by atoms with E-state index in [0.717, 1.165) is 19.6 Å². The van der Waals surface area contributed by atoms with Crippen LogP contribution >= 0.6 is 0 Å². The molecule has 154 valence electrons. The Balaban J connectivity index is 1.57. The summed E-state index contributed by atoms with van der Waals surface area (Å²) in [5, 5.41) is 2.83. The number of piperazine rings is 1. The number of hydrogen-bond acceptors (Lipinski definition) is 3. The minimum absolute atomic E-state index is 0.0470. The molecule has 0 aromatic heterocycles. The highest BCUT2D eigenvalue weighted by molar-refractivity contribution is 5.97. The molecule has 2 amide bonds. The molecule has 0 unspecified atom stereocenters. The molecular weight excluding hydrogens is 369 g/mol. The molecule has 3 rings (SSSR count). The molecule has 1 heterocycles. The minimum atomic E-state index is -0.603. The Morgan fingerprint density at radius 3 is 2.17 bits per heavy atom. The fourth-order valence-electron chi connectivity index (χ4n) is 3.50. The van der Waals surface area contributed by atoms with Crippen LogP contribution in [0.2, 0.25) is 0 Å². The van der Waals surface area contributed by atoms with Gasteiger partial charge in [0.05, 0.1) is 0 Å². The summed E-state index contributed by atoms with van der Waals surface area (Å²) in [7, 11) is 0. The van der Waals surface area contributed by atoms with Gasteiger partial charge in [-0.3, -0.25) is 14.5 Å². The highest BCUT2D eigenvalue weighted by Gasteiger charge is 2.30. The van der Waals surface area contributed by atoms with E-state index in [9.17, 15) is 14.0 Å². The Hall–Kier alpha value is -2.73. The molecule has 1 atom stereocenters. The van der Waals surface area contributed by atoms with E-state index in [1.54, 1.807) is 0 Å². The van der Waals surface area contributed by atoms with E-state index in [1.807, 2.05) is 36.9 Å². The summed E-state index contributed by atoms with van der Waals surface area (Å²) in [6.45, 7) is 7.59. The number of nitrogens with zero attached hydrogens (tertiary/aromatic N) is 2. The zero-order valence-corrected chi connectivity index (χ0v) is 17.0. The number of halogens is 1. The number of carbonyl (C=O) groups is 2. The van der Waals surface area contributed by atoms with Gasteiger partial charge < -0.3 is 10.2 Å². The summed E-state index contributed by atoms with van der Waals surface area (Å²) < 4.78 is 13.1. The Morgan fingerprint density at radius 2 is 1.59 bits per heavy atom. The van der Waals surface area contributed by atoms with Crippen molar-refractivity contribution in [2.45, 2.75) is 26.4 Å². The van der Waals surface area contributed by atoms with Crippen molar-refractivity contribution >= 4 is 11.8 Å². The minimum Gasteiger partial charge on any atom is -0.340 e. The highest BCUT2D eigenvalue weighted by Crippen LogP contribution is 2.13.